The smallest absolute Gasteiger partial charge is 0.160 e. The lowest BCUT2D eigenvalue weighted by atomic mass is 9.93. The molecule has 4 aromatic heterocycles. The molecule has 0 aliphatic carbocycles. The summed E-state index contributed by atoms with van der Waals surface area (Å²) in [5.41, 5.74) is 12.6. The Morgan fingerprint density at radius 1 is 0.333 bits per heavy atom. The first kappa shape index (κ1) is 35.2. The van der Waals surface area contributed by atoms with Crippen molar-refractivity contribution in [3.05, 3.63) is 212 Å². The maximum Gasteiger partial charge on any atom is 0.160 e. The van der Waals surface area contributed by atoms with Crippen LogP contribution in [0.3, 0.4) is 0 Å². The molecular formula is C58H35N5. The number of nitrogens with zero attached hydrogens (tertiary/aromatic N) is 5. The van der Waals surface area contributed by atoms with Crippen molar-refractivity contribution >= 4 is 70.7 Å². The molecule has 0 spiro atoms. The zero-order valence-electron chi connectivity index (χ0n) is 33.9. The second-order valence-electron chi connectivity index (χ2n) is 16.2. The normalized spacial score (nSPS) is 11.8. The van der Waals surface area contributed by atoms with Crippen molar-refractivity contribution in [1.82, 2.24) is 24.3 Å². The van der Waals surface area contributed by atoms with Gasteiger partial charge in [-0.05, 0) is 103 Å². The van der Waals surface area contributed by atoms with E-state index in [1.54, 1.807) is 0 Å². The quantitative estimate of drug-likeness (QED) is 0.163. The highest BCUT2D eigenvalue weighted by Crippen LogP contribution is 2.40. The molecule has 13 aromatic rings. The Hall–Kier alpha value is -8.54. The van der Waals surface area contributed by atoms with E-state index in [1.165, 1.54) is 32.3 Å². The Balaban J connectivity index is 1.01. The maximum atomic E-state index is 5.45. The van der Waals surface area contributed by atoms with Gasteiger partial charge >= 0.3 is 0 Å². The predicted molar refractivity (Wildman–Crippen MR) is 261 cm³/mol. The zero-order chi connectivity index (χ0) is 41.4. The number of aromatic nitrogens is 5. The molecule has 5 heteroatoms. The highest BCUT2D eigenvalue weighted by atomic mass is 15.0. The molecule has 63 heavy (non-hydrogen) atoms. The van der Waals surface area contributed by atoms with Crippen LogP contribution >= 0.6 is 0 Å². The summed E-state index contributed by atoms with van der Waals surface area (Å²) < 4.78 is 2.15. The van der Waals surface area contributed by atoms with Crippen molar-refractivity contribution in [2.24, 2.45) is 0 Å². The summed E-state index contributed by atoms with van der Waals surface area (Å²) >= 11 is 0. The van der Waals surface area contributed by atoms with Gasteiger partial charge in [-0.15, -0.1) is 0 Å². The van der Waals surface area contributed by atoms with Crippen molar-refractivity contribution in [3.63, 3.8) is 0 Å². The topological polar surface area (TPSA) is 56.0 Å². The van der Waals surface area contributed by atoms with Gasteiger partial charge in [-0.1, -0.05) is 158 Å². The number of para-hydroxylation sites is 1. The molecule has 4 heterocycles. The summed E-state index contributed by atoms with van der Waals surface area (Å²) in [5.74, 6) is 0.665. The molecule has 0 bridgehead atoms. The molecule has 0 amide bonds. The van der Waals surface area contributed by atoms with E-state index in [2.05, 4.69) is 193 Å². The summed E-state index contributed by atoms with van der Waals surface area (Å²) in [6.07, 6.45) is 2.07. The van der Waals surface area contributed by atoms with Crippen LogP contribution in [-0.2, 0) is 0 Å². The Kier molecular flexibility index (Phi) is 7.84. The Bertz CT molecular complexity index is 3860. The van der Waals surface area contributed by atoms with Gasteiger partial charge in [-0.25, -0.2) is 19.9 Å². The van der Waals surface area contributed by atoms with Crippen LogP contribution < -0.4 is 0 Å². The molecule has 0 saturated heterocycles. The first-order valence-electron chi connectivity index (χ1n) is 21.3. The Morgan fingerprint density at radius 3 is 1.49 bits per heavy atom. The molecule has 5 nitrogen and oxygen atoms in total. The molecule has 0 aliphatic rings. The highest BCUT2D eigenvalue weighted by molar-refractivity contribution is 6.15. The highest BCUT2D eigenvalue weighted by Gasteiger charge is 2.19. The Morgan fingerprint density at radius 2 is 0.841 bits per heavy atom. The lowest BCUT2D eigenvalue weighted by Crippen LogP contribution is -1.98. The van der Waals surface area contributed by atoms with Gasteiger partial charge in [0.25, 0.3) is 0 Å². The third-order valence-electron chi connectivity index (χ3n) is 12.5. The van der Waals surface area contributed by atoms with Gasteiger partial charge in [-0.2, -0.15) is 0 Å². The minimum Gasteiger partial charge on any atom is -0.298 e. The molecule has 292 valence electrons. The van der Waals surface area contributed by atoms with Crippen LogP contribution in [0.1, 0.15) is 0 Å². The first-order chi connectivity index (χ1) is 31.2. The lowest BCUT2D eigenvalue weighted by Gasteiger charge is -2.15. The molecule has 0 atom stereocenters. The van der Waals surface area contributed by atoms with Crippen LogP contribution in [0.5, 0.6) is 0 Å². The second-order valence-corrected chi connectivity index (χ2v) is 16.2. The summed E-state index contributed by atoms with van der Waals surface area (Å²) in [7, 11) is 0. The fourth-order valence-electron chi connectivity index (χ4n) is 9.62. The van der Waals surface area contributed by atoms with Crippen LogP contribution in [0, 0.1) is 0 Å². The minimum atomic E-state index is 0.665. The van der Waals surface area contributed by atoms with E-state index < -0.39 is 0 Å². The van der Waals surface area contributed by atoms with Crippen molar-refractivity contribution in [3.8, 4) is 56.3 Å². The average Bonchev–Trinajstić information content (AvgIpc) is 3.76. The van der Waals surface area contributed by atoms with E-state index in [1.807, 2.05) is 24.3 Å². The largest absolute Gasteiger partial charge is 0.298 e. The van der Waals surface area contributed by atoms with E-state index in [-0.39, 0.29) is 0 Å². The molecule has 13 rings (SSSR count). The van der Waals surface area contributed by atoms with Crippen LogP contribution in [-0.4, -0.2) is 24.3 Å². The van der Waals surface area contributed by atoms with E-state index in [9.17, 15) is 0 Å². The summed E-state index contributed by atoms with van der Waals surface area (Å²) in [6, 6.07) is 73.0. The maximum absolute atomic E-state index is 5.45. The molecule has 0 N–H and O–H groups in total. The molecule has 0 aliphatic heterocycles. The van der Waals surface area contributed by atoms with E-state index >= 15 is 0 Å². The van der Waals surface area contributed by atoms with Crippen molar-refractivity contribution in [2.45, 2.75) is 0 Å². The zero-order valence-corrected chi connectivity index (χ0v) is 33.9. The molecule has 9 aromatic carbocycles. The number of imidazole rings is 1. The van der Waals surface area contributed by atoms with Crippen molar-refractivity contribution in [2.75, 3.05) is 0 Å². The number of benzene rings is 9. The number of fused-ring (bicyclic) bond motifs is 11. The molecule has 0 fully saturated rings. The minimum absolute atomic E-state index is 0.665. The third-order valence-corrected chi connectivity index (χ3v) is 12.5. The lowest BCUT2D eigenvalue weighted by molar-refractivity contribution is 1.19. The monoisotopic (exact) mass is 801 g/mol. The molecular weight excluding hydrogens is 767 g/mol. The fraction of sp³-hybridized carbons (Fsp3) is 0. The SMILES string of the molecule is c1cc(-c2cccc(-c3nc4ccccc4c4nc5ccccn5c34)c2)cc(-c2nc(-c3cc4ccccc4c4ccccc34)cc(-c3cc4ccccc4c4ccccc34)n2)c1. The van der Waals surface area contributed by atoms with Crippen LogP contribution in [0.2, 0.25) is 0 Å². The average molecular weight is 802 g/mol. The Labute approximate surface area is 362 Å². The van der Waals surface area contributed by atoms with Gasteiger partial charge < -0.3 is 0 Å². The van der Waals surface area contributed by atoms with Gasteiger partial charge in [0.15, 0.2) is 5.82 Å². The number of hydrogen-bond acceptors (Lipinski definition) is 4. The van der Waals surface area contributed by atoms with Gasteiger partial charge in [0.2, 0.25) is 0 Å². The van der Waals surface area contributed by atoms with Crippen LogP contribution in [0.4, 0.5) is 0 Å². The van der Waals surface area contributed by atoms with Crippen molar-refractivity contribution in [1.29, 1.82) is 0 Å². The van der Waals surface area contributed by atoms with Gasteiger partial charge in [0.1, 0.15) is 11.2 Å². The van der Waals surface area contributed by atoms with Crippen LogP contribution in [0.25, 0.3) is 127 Å². The number of pyridine rings is 2. The van der Waals surface area contributed by atoms with E-state index in [0.717, 1.165) is 88.8 Å². The van der Waals surface area contributed by atoms with Gasteiger partial charge in [0, 0.05) is 33.8 Å². The second kappa shape index (κ2) is 14.0. The van der Waals surface area contributed by atoms with E-state index in [4.69, 9.17) is 19.9 Å². The predicted octanol–water partition coefficient (Wildman–Crippen LogP) is 14.8. The molecule has 0 saturated carbocycles. The number of hydrogen-bond donors (Lipinski definition) is 0. The third kappa shape index (κ3) is 5.71. The number of rotatable bonds is 5. The van der Waals surface area contributed by atoms with Gasteiger partial charge in [-0.3, -0.25) is 4.40 Å². The fourth-order valence-corrected chi connectivity index (χ4v) is 9.62. The molecule has 0 unspecified atom stereocenters. The van der Waals surface area contributed by atoms with Crippen LogP contribution in [0.15, 0.2) is 212 Å². The molecule has 0 radical (unpaired) electrons. The summed E-state index contributed by atoms with van der Waals surface area (Å²) in [5, 5.41) is 10.6. The summed E-state index contributed by atoms with van der Waals surface area (Å²) in [4.78, 5) is 21.3. The van der Waals surface area contributed by atoms with E-state index in [0.29, 0.717) is 5.82 Å². The van der Waals surface area contributed by atoms with Crippen molar-refractivity contribution < 1.29 is 0 Å². The standard InChI is InChI=1S/C58H35N5/c1-3-21-42-38(15-1)33-49(46-25-7-5-23-44(42)46)52-35-53(50-34-39-16-2-4-22-43(39)45-24-6-8-26-47(45)50)61-58(60-52)41-20-14-18-37(32-41)36-17-13-19-40(31-36)55-57-56(48-27-9-10-28-51(48)59-55)62-54-29-11-12-30-63(54)57/h1-35H. The van der Waals surface area contributed by atoms with Gasteiger partial charge in [0.05, 0.1) is 28.1 Å². The summed E-state index contributed by atoms with van der Waals surface area (Å²) in [6.45, 7) is 0. The first-order valence-corrected chi connectivity index (χ1v) is 21.3.